The number of aliphatic hydroxyl groups excluding tert-OH is 5. The summed E-state index contributed by atoms with van der Waals surface area (Å²) in [7, 11) is 0. The van der Waals surface area contributed by atoms with Gasteiger partial charge in [0.05, 0.1) is 24.2 Å². The third kappa shape index (κ3) is 6.83. The number of hydrogen-bond donors (Lipinski definition) is 5. The molecular formula is C24H35NO14. The molecule has 0 bridgehead atoms. The van der Waals surface area contributed by atoms with Crippen molar-refractivity contribution >= 4 is 5.69 Å². The van der Waals surface area contributed by atoms with E-state index < -0.39 is 84.8 Å². The van der Waals surface area contributed by atoms with Crippen LogP contribution in [0.3, 0.4) is 0 Å². The average molecular weight is 562 g/mol. The highest BCUT2D eigenvalue weighted by Crippen LogP contribution is 2.37. The van der Waals surface area contributed by atoms with Gasteiger partial charge in [-0.25, -0.2) is 0 Å². The Bertz CT molecular complexity index is 961. The van der Waals surface area contributed by atoms with Crippen LogP contribution in [0.5, 0.6) is 5.75 Å². The quantitative estimate of drug-likeness (QED) is 0.168. The second kappa shape index (κ2) is 12.2. The zero-order chi connectivity index (χ0) is 28.5. The summed E-state index contributed by atoms with van der Waals surface area (Å²) < 4.78 is 40.2. The van der Waals surface area contributed by atoms with E-state index in [0.29, 0.717) is 0 Å². The highest BCUT2D eigenvalue weighted by atomic mass is 16.8. The number of aliphatic hydroxyl groups is 5. The number of rotatable bonds is 10. The lowest BCUT2D eigenvalue weighted by Crippen LogP contribution is -2.60. The van der Waals surface area contributed by atoms with Gasteiger partial charge in [-0.15, -0.1) is 0 Å². The van der Waals surface area contributed by atoms with Gasteiger partial charge in [-0.2, -0.15) is 0 Å². The highest BCUT2D eigenvalue weighted by Gasteiger charge is 2.54. The molecule has 3 heterocycles. The maximum absolute atomic E-state index is 10.9. The molecule has 3 fully saturated rings. The van der Waals surface area contributed by atoms with Gasteiger partial charge in [0.25, 0.3) is 5.69 Å². The Morgan fingerprint density at radius 1 is 0.949 bits per heavy atom. The number of benzene rings is 1. The third-order valence-electron chi connectivity index (χ3n) is 6.70. The van der Waals surface area contributed by atoms with Crippen LogP contribution in [-0.2, 0) is 28.4 Å². The van der Waals surface area contributed by atoms with Gasteiger partial charge >= 0.3 is 0 Å². The number of nitrogens with zero attached hydrogens (tertiary/aromatic N) is 1. The van der Waals surface area contributed by atoms with E-state index in [0.717, 1.165) is 0 Å². The van der Waals surface area contributed by atoms with Gasteiger partial charge < -0.3 is 58.7 Å². The van der Waals surface area contributed by atoms with Gasteiger partial charge in [0.1, 0.15) is 61.2 Å². The SMILES string of the molecule is C[C@@H]1O[C@@H](OCC(COc2ccc([N+](=O)[O-])cc2)O[C@@H]2O[C@H](CO)[C@H](O)[C@H](O)[C@H]2O)[C@@H](O)[C@@H]2OC(C)(C)O[C@@H]21. The Morgan fingerprint density at radius 3 is 2.26 bits per heavy atom. The van der Waals surface area contributed by atoms with Crippen LogP contribution in [0.1, 0.15) is 20.8 Å². The molecule has 3 aliphatic heterocycles. The normalized spacial score (nSPS) is 38.7. The molecule has 0 radical (unpaired) electrons. The molecule has 1 aromatic rings. The van der Waals surface area contributed by atoms with Crippen LogP contribution in [0.2, 0.25) is 0 Å². The van der Waals surface area contributed by atoms with Crippen molar-refractivity contribution in [1.29, 1.82) is 0 Å². The van der Waals surface area contributed by atoms with Crippen molar-refractivity contribution in [1.82, 2.24) is 0 Å². The molecule has 0 spiro atoms. The summed E-state index contributed by atoms with van der Waals surface area (Å²) in [5.74, 6) is -0.650. The van der Waals surface area contributed by atoms with Crippen LogP contribution >= 0.6 is 0 Å². The first-order chi connectivity index (χ1) is 18.4. The second-order valence-electron chi connectivity index (χ2n) is 10.1. The van der Waals surface area contributed by atoms with Gasteiger partial charge in [-0.1, -0.05) is 0 Å². The summed E-state index contributed by atoms with van der Waals surface area (Å²) in [5.41, 5.74) is -0.128. The van der Waals surface area contributed by atoms with E-state index in [1.807, 2.05) is 0 Å². The summed E-state index contributed by atoms with van der Waals surface area (Å²) in [6.45, 7) is 4.07. The van der Waals surface area contributed by atoms with Gasteiger partial charge in [0, 0.05) is 12.1 Å². The molecule has 0 aromatic heterocycles. The zero-order valence-corrected chi connectivity index (χ0v) is 21.6. The average Bonchev–Trinajstić information content (AvgIpc) is 3.24. The first kappa shape index (κ1) is 30.0. The molecule has 0 amide bonds. The molecule has 0 aliphatic carbocycles. The van der Waals surface area contributed by atoms with Crippen LogP contribution in [0, 0.1) is 10.1 Å². The minimum atomic E-state index is -1.67. The lowest BCUT2D eigenvalue weighted by molar-refractivity contribution is -0.384. The lowest BCUT2D eigenvalue weighted by Gasteiger charge is -2.41. The number of fused-ring (bicyclic) bond motifs is 1. The van der Waals surface area contributed by atoms with Crippen molar-refractivity contribution < 1.29 is 63.6 Å². The summed E-state index contributed by atoms with van der Waals surface area (Å²) in [5, 5.41) is 61.8. The largest absolute Gasteiger partial charge is 0.491 e. The van der Waals surface area contributed by atoms with E-state index in [1.165, 1.54) is 24.3 Å². The van der Waals surface area contributed by atoms with Crippen LogP contribution in [0.4, 0.5) is 5.69 Å². The van der Waals surface area contributed by atoms with Crippen LogP contribution in [0.25, 0.3) is 0 Å². The summed E-state index contributed by atoms with van der Waals surface area (Å²) in [4.78, 5) is 10.4. The van der Waals surface area contributed by atoms with Gasteiger partial charge in [-0.05, 0) is 32.9 Å². The fraction of sp³-hybridized carbons (Fsp3) is 0.750. The fourth-order valence-electron chi connectivity index (χ4n) is 4.66. The van der Waals surface area contributed by atoms with Crippen molar-refractivity contribution in [3.05, 3.63) is 34.4 Å². The lowest BCUT2D eigenvalue weighted by atomic mass is 9.99. The smallest absolute Gasteiger partial charge is 0.269 e. The molecule has 1 aromatic carbocycles. The molecular weight excluding hydrogens is 526 g/mol. The molecule has 4 rings (SSSR count). The molecule has 1 unspecified atom stereocenters. The number of non-ortho nitro benzene ring substituents is 1. The van der Waals surface area contributed by atoms with Crippen LogP contribution < -0.4 is 4.74 Å². The van der Waals surface area contributed by atoms with Gasteiger partial charge in [0.2, 0.25) is 0 Å². The number of hydrogen-bond acceptors (Lipinski definition) is 14. The minimum Gasteiger partial charge on any atom is -0.491 e. The molecule has 3 aliphatic rings. The molecule has 39 heavy (non-hydrogen) atoms. The molecule has 15 nitrogen and oxygen atoms in total. The molecule has 220 valence electrons. The Morgan fingerprint density at radius 2 is 1.62 bits per heavy atom. The predicted molar refractivity (Wildman–Crippen MR) is 127 cm³/mol. The van der Waals surface area contributed by atoms with E-state index in [-0.39, 0.29) is 24.7 Å². The van der Waals surface area contributed by atoms with Crippen molar-refractivity contribution in [2.45, 2.75) is 94.1 Å². The maximum atomic E-state index is 10.9. The number of nitro groups is 1. The molecule has 11 atom stereocenters. The Kier molecular flexibility index (Phi) is 9.40. The highest BCUT2D eigenvalue weighted by molar-refractivity contribution is 5.35. The van der Waals surface area contributed by atoms with E-state index >= 15 is 0 Å². The first-order valence-electron chi connectivity index (χ1n) is 12.5. The van der Waals surface area contributed by atoms with Crippen LogP contribution in [0.15, 0.2) is 24.3 Å². The zero-order valence-electron chi connectivity index (χ0n) is 21.6. The van der Waals surface area contributed by atoms with Crippen molar-refractivity contribution in [2.75, 3.05) is 19.8 Å². The standard InChI is InChI=1S/C24H35NO14/c1-11-20-21(39-24(2,3)38-20)19(30)22(35-11)34-10-14(9-33-13-6-4-12(5-7-13)25(31)32)36-23-18(29)17(28)16(27)15(8-26)37-23/h4-7,11,14-23,26-30H,8-10H2,1-3H3/t11-,14?,15+,16-,17-,18+,19-,20+,21-,22+,23+/m0/s1. The summed E-state index contributed by atoms with van der Waals surface area (Å²) >= 11 is 0. The van der Waals surface area contributed by atoms with Gasteiger partial charge in [0.15, 0.2) is 18.4 Å². The molecule has 15 heteroatoms. The fourth-order valence-corrected chi connectivity index (χ4v) is 4.66. The van der Waals surface area contributed by atoms with Crippen molar-refractivity contribution in [3.63, 3.8) is 0 Å². The van der Waals surface area contributed by atoms with E-state index in [9.17, 15) is 35.6 Å². The molecule has 0 saturated carbocycles. The first-order valence-corrected chi connectivity index (χ1v) is 12.5. The Hall–Kier alpha value is -2.02. The topological polar surface area (TPSA) is 209 Å². The van der Waals surface area contributed by atoms with E-state index in [4.69, 9.17) is 33.2 Å². The number of nitro benzene ring substituents is 1. The molecule has 5 N–H and O–H groups in total. The maximum Gasteiger partial charge on any atom is 0.269 e. The second-order valence-corrected chi connectivity index (χ2v) is 10.1. The third-order valence-corrected chi connectivity index (χ3v) is 6.70. The number of ether oxygens (including phenoxy) is 7. The van der Waals surface area contributed by atoms with Crippen LogP contribution in [-0.4, -0.2) is 124 Å². The molecule has 3 saturated heterocycles. The van der Waals surface area contributed by atoms with E-state index in [2.05, 4.69) is 0 Å². The Labute approximate surface area is 223 Å². The Balaban J connectivity index is 1.44. The van der Waals surface area contributed by atoms with Crippen molar-refractivity contribution in [2.24, 2.45) is 0 Å². The monoisotopic (exact) mass is 561 g/mol. The van der Waals surface area contributed by atoms with Crippen molar-refractivity contribution in [3.8, 4) is 5.75 Å². The predicted octanol–water partition coefficient (Wildman–Crippen LogP) is -1.20. The minimum absolute atomic E-state index is 0.128. The van der Waals surface area contributed by atoms with Gasteiger partial charge in [-0.3, -0.25) is 10.1 Å². The summed E-state index contributed by atoms with van der Waals surface area (Å²) in [6, 6.07) is 5.29. The van der Waals surface area contributed by atoms with E-state index in [1.54, 1.807) is 20.8 Å². The summed E-state index contributed by atoms with van der Waals surface area (Å²) in [6.07, 6.45) is -12.7.